The van der Waals surface area contributed by atoms with E-state index in [-0.39, 0.29) is 29.2 Å². The van der Waals surface area contributed by atoms with E-state index in [0.29, 0.717) is 5.75 Å². The minimum absolute atomic E-state index is 0.0468. The molecule has 1 atom stereocenters. The van der Waals surface area contributed by atoms with Gasteiger partial charge in [0.2, 0.25) is 11.7 Å². The quantitative estimate of drug-likeness (QED) is 0.739. The highest BCUT2D eigenvalue weighted by molar-refractivity contribution is 6.03. The van der Waals surface area contributed by atoms with Gasteiger partial charge in [0.1, 0.15) is 17.4 Å². The molecule has 6 nitrogen and oxygen atoms in total. The zero-order valence-electron chi connectivity index (χ0n) is 16.9. The van der Waals surface area contributed by atoms with Gasteiger partial charge in [0.15, 0.2) is 6.10 Å². The molecule has 0 aliphatic rings. The lowest BCUT2D eigenvalue weighted by Crippen LogP contribution is -2.31. The third-order valence-corrected chi connectivity index (χ3v) is 4.61. The summed E-state index contributed by atoms with van der Waals surface area (Å²) in [5.74, 6) is -0.321. The van der Waals surface area contributed by atoms with Crippen molar-refractivity contribution in [2.75, 3.05) is 0 Å². The maximum atomic E-state index is 13.0. The monoisotopic (exact) mass is 382 g/mol. The lowest BCUT2D eigenvalue weighted by atomic mass is 9.99. The number of hydrogen-bond donors (Lipinski definition) is 1. The van der Waals surface area contributed by atoms with Crippen LogP contribution in [0.15, 0.2) is 29.1 Å². The number of hydrogen-bond acceptors (Lipinski definition) is 5. The number of nitriles is 1. The Morgan fingerprint density at radius 3 is 2.36 bits per heavy atom. The molecular formula is C22H26N2O4. The Hall–Kier alpha value is -3.07. The van der Waals surface area contributed by atoms with E-state index in [1.165, 1.54) is 6.92 Å². The number of aryl methyl sites for hydroxylation is 1. The van der Waals surface area contributed by atoms with Gasteiger partial charge in [0.25, 0.3) is 5.56 Å². The third-order valence-electron chi connectivity index (χ3n) is 4.61. The molecule has 0 fully saturated rings. The second-order valence-electron chi connectivity index (χ2n) is 7.24. The van der Waals surface area contributed by atoms with Crippen molar-refractivity contribution in [2.45, 2.75) is 53.7 Å². The standard InChI is InChI=1S/C22H26N2O4/c1-6-16-7-9-17(10-8-16)28-15(5)20(25)19-14(4)18(11-23)21(26)24(22(19)27)12-13(2)3/h7-10,13,15,27H,6,12H2,1-5H3. The number of aromatic hydroxyl groups is 1. The summed E-state index contributed by atoms with van der Waals surface area (Å²) in [5.41, 5.74) is 0.549. The number of ether oxygens (including phenoxy) is 1. The minimum atomic E-state index is -0.895. The lowest BCUT2D eigenvalue weighted by molar-refractivity contribution is 0.0812. The third kappa shape index (κ3) is 4.25. The Morgan fingerprint density at radius 1 is 1.25 bits per heavy atom. The van der Waals surface area contributed by atoms with E-state index in [0.717, 1.165) is 16.6 Å². The number of aromatic nitrogens is 1. The first kappa shape index (κ1) is 21.2. The van der Waals surface area contributed by atoms with Gasteiger partial charge in [0.05, 0.1) is 5.56 Å². The summed E-state index contributed by atoms with van der Waals surface area (Å²) in [4.78, 5) is 25.5. The summed E-state index contributed by atoms with van der Waals surface area (Å²) in [6.45, 7) is 9.09. The van der Waals surface area contributed by atoms with Crippen molar-refractivity contribution >= 4 is 5.78 Å². The number of nitrogens with zero attached hydrogens (tertiary/aromatic N) is 2. The SMILES string of the molecule is CCc1ccc(OC(C)C(=O)c2c(C)c(C#N)c(=O)n(CC(C)C)c2O)cc1. The summed E-state index contributed by atoms with van der Waals surface area (Å²) in [7, 11) is 0. The molecule has 0 saturated carbocycles. The van der Waals surface area contributed by atoms with E-state index < -0.39 is 23.3 Å². The molecule has 0 saturated heterocycles. The molecule has 28 heavy (non-hydrogen) atoms. The molecule has 1 aromatic heterocycles. The van der Waals surface area contributed by atoms with Crippen LogP contribution in [0.2, 0.25) is 0 Å². The van der Waals surface area contributed by atoms with Crippen molar-refractivity contribution in [3.8, 4) is 17.7 Å². The summed E-state index contributed by atoms with van der Waals surface area (Å²) in [5, 5.41) is 20.0. The number of benzene rings is 1. The van der Waals surface area contributed by atoms with E-state index in [9.17, 15) is 20.0 Å². The molecule has 1 unspecified atom stereocenters. The van der Waals surface area contributed by atoms with Gasteiger partial charge in [-0.15, -0.1) is 0 Å². The summed E-state index contributed by atoms with van der Waals surface area (Å²) in [6.07, 6.45) is 0.00418. The van der Waals surface area contributed by atoms with Crippen LogP contribution in [-0.2, 0) is 13.0 Å². The van der Waals surface area contributed by atoms with Crippen LogP contribution < -0.4 is 10.3 Å². The van der Waals surface area contributed by atoms with Crippen molar-refractivity contribution in [2.24, 2.45) is 5.92 Å². The summed E-state index contributed by atoms with van der Waals surface area (Å²) >= 11 is 0. The number of Topliss-reactive ketones (excluding diaryl/α,β-unsaturated/α-hetero) is 1. The van der Waals surface area contributed by atoms with Crippen LogP contribution in [0.25, 0.3) is 0 Å². The second-order valence-corrected chi connectivity index (χ2v) is 7.24. The van der Waals surface area contributed by atoms with E-state index in [2.05, 4.69) is 0 Å². The molecule has 6 heteroatoms. The van der Waals surface area contributed by atoms with Gasteiger partial charge >= 0.3 is 0 Å². The Labute approximate surface area is 165 Å². The van der Waals surface area contributed by atoms with E-state index in [1.807, 2.05) is 39.0 Å². The van der Waals surface area contributed by atoms with Crippen LogP contribution >= 0.6 is 0 Å². The molecule has 148 valence electrons. The van der Waals surface area contributed by atoms with Crippen molar-refractivity contribution in [1.82, 2.24) is 4.57 Å². The van der Waals surface area contributed by atoms with E-state index in [4.69, 9.17) is 4.74 Å². The van der Waals surface area contributed by atoms with E-state index >= 15 is 0 Å². The first-order valence-corrected chi connectivity index (χ1v) is 9.37. The molecule has 0 bridgehead atoms. The fourth-order valence-corrected chi connectivity index (χ4v) is 3.05. The highest BCUT2D eigenvalue weighted by Gasteiger charge is 2.28. The topological polar surface area (TPSA) is 92.3 Å². The highest BCUT2D eigenvalue weighted by atomic mass is 16.5. The number of carbonyl (C=O) groups excluding carboxylic acids is 1. The molecule has 1 aromatic carbocycles. The van der Waals surface area contributed by atoms with Crippen LogP contribution in [0.1, 0.15) is 54.7 Å². The Kier molecular flexibility index (Phi) is 6.63. The zero-order chi connectivity index (χ0) is 21.0. The normalized spacial score (nSPS) is 11.9. The largest absolute Gasteiger partial charge is 0.494 e. The van der Waals surface area contributed by atoms with Gasteiger partial charge in [-0.05, 0) is 49.4 Å². The van der Waals surface area contributed by atoms with Crippen LogP contribution in [-0.4, -0.2) is 21.6 Å². The number of carbonyl (C=O) groups is 1. The predicted octanol–water partition coefficient (Wildman–Crippen LogP) is 3.60. The van der Waals surface area contributed by atoms with Crippen LogP contribution in [0, 0.1) is 24.2 Å². The maximum absolute atomic E-state index is 13.0. The van der Waals surface area contributed by atoms with Gasteiger partial charge < -0.3 is 9.84 Å². The average molecular weight is 382 g/mol. The number of pyridine rings is 1. The van der Waals surface area contributed by atoms with Gasteiger partial charge in [-0.25, -0.2) is 0 Å². The molecule has 0 spiro atoms. The Morgan fingerprint density at radius 2 is 1.86 bits per heavy atom. The smallest absolute Gasteiger partial charge is 0.271 e. The molecule has 1 heterocycles. The number of rotatable bonds is 7. The van der Waals surface area contributed by atoms with E-state index in [1.54, 1.807) is 19.1 Å². The van der Waals surface area contributed by atoms with Gasteiger partial charge in [-0.1, -0.05) is 32.9 Å². The van der Waals surface area contributed by atoms with Gasteiger partial charge in [-0.2, -0.15) is 5.26 Å². The lowest BCUT2D eigenvalue weighted by Gasteiger charge is -2.19. The van der Waals surface area contributed by atoms with Crippen molar-refractivity contribution < 1.29 is 14.6 Å². The fraction of sp³-hybridized carbons (Fsp3) is 0.409. The first-order valence-electron chi connectivity index (χ1n) is 9.37. The molecule has 2 rings (SSSR count). The van der Waals surface area contributed by atoms with Gasteiger partial charge in [0, 0.05) is 6.54 Å². The molecule has 1 N–H and O–H groups in total. The van der Waals surface area contributed by atoms with Gasteiger partial charge in [-0.3, -0.25) is 14.2 Å². The fourth-order valence-electron chi connectivity index (χ4n) is 3.05. The maximum Gasteiger partial charge on any atom is 0.271 e. The average Bonchev–Trinajstić information content (AvgIpc) is 2.66. The molecule has 0 amide bonds. The van der Waals surface area contributed by atoms with Crippen molar-refractivity contribution in [3.05, 3.63) is 56.9 Å². The first-order chi connectivity index (χ1) is 13.2. The Bertz CT molecular complexity index is 966. The van der Waals surface area contributed by atoms with Crippen molar-refractivity contribution in [1.29, 1.82) is 5.26 Å². The van der Waals surface area contributed by atoms with Crippen molar-refractivity contribution in [3.63, 3.8) is 0 Å². The predicted molar refractivity (Wildman–Crippen MR) is 107 cm³/mol. The minimum Gasteiger partial charge on any atom is -0.494 e. The summed E-state index contributed by atoms with van der Waals surface area (Å²) in [6, 6.07) is 9.28. The molecule has 2 aromatic rings. The molecule has 0 aliphatic heterocycles. The van der Waals surface area contributed by atoms with Crippen LogP contribution in [0.4, 0.5) is 0 Å². The zero-order valence-corrected chi connectivity index (χ0v) is 16.9. The Balaban J connectivity index is 2.45. The molecule has 0 aliphatic carbocycles. The highest BCUT2D eigenvalue weighted by Crippen LogP contribution is 2.25. The summed E-state index contributed by atoms with van der Waals surface area (Å²) < 4.78 is 6.82. The van der Waals surface area contributed by atoms with Crippen LogP contribution in [0.3, 0.4) is 0 Å². The molecular weight excluding hydrogens is 356 g/mol. The second kappa shape index (κ2) is 8.75. The molecule has 0 radical (unpaired) electrons. The van der Waals surface area contributed by atoms with Crippen LogP contribution in [0.5, 0.6) is 11.6 Å². The number of ketones is 1.